The fourth-order valence-corrected chi connectivity index (χ4v) is 1.11. The average Bonchev–Trinajstić information content (AvgIpc) is 2.78. The van der Waals surface area contributed by atoms with Crippen molar-refractivity contribution in [2.75, 3.05) is 6.54 Å². The normalized spacial score (nSPS) is 11.0. The smallest absolute Gasteiger partial charge is 0.223 e. The SMILES string of the molecule is CC(=O)NCCC(=O)N[C@H](N)C#Cc1cnc[nH]1. The summed E-state index contributed by atoms with van der Waals surface area (Å²) in [6.45, 7) is 1.67. The number of nitrogens with two attached hydrogens (primary N) is 1. The minimum absolute atomic E-state index is 0.166. The van der Waals surface area contributed by atoms with Gasteiger partial charge in [-0.05, 0) is 5.92 Å². The molecule has 0 spiro atoms. The molecule has 5 N–H and O–H groups in total. The van der Waals surface area contributed by atoms with Crippen molar-refractivity contribution in [2.24, 2.45) is 5.73 Å². The number of nitrogens with zero attached hydrogens (tertiary/aromatic N) is 1. The summed E-state index contributed by atoms with van der Waals surface area (Å²) < 4.78 is 0. The van der Waals surface area contributed by atoms with E-state index in [-0.39, 0.29) is 24.8 Å². The number of hydrogen-bond acceptors (Lipinski definition) is 4. The summed E-state index contributed by atoms with van der Waals surface area (Å²) in [4.78, 5) is 28.5. The molecule has 1 heterocycles. The maximum atomic E-state index is 11.4. The van der Waals surface area contributed by atoms with Gasteiger partial charge in [0.1, 0.15) is 11.9 Å². The topological polar surface area (TPSA) is 113 Å². The van der Waals surface area contributed by atoms with Gasteiger partial charge < -0.3 is 21.4 Å². The molecule has 1 aromatic rings. The van der Waals surface area contributed by atoms with Crippen LogP contribution in [0.2, 0.25) is 0 Å². The minimum atomic E-state index is -0.752. The van der Waals surface area contributed by atoms with Crippen LogP contribution in [0.1, 0.15) is 19.0 Å². The molecule has 7 nitrogen and oxygen atoms in total. The van der Waals surface area contributed by atoms with E-state index in [4.69, 9.17) is 5.73 Å². The number of amides is 2. The van der Waals surface area contributed by atoms with E-state index in [1.807, 2.05) is 0 Å². The summed E-state index contributed by atoms with van der Waals surface area (Å²) >= 11 is 0. The zero-order valence-corrected chi connectivity index (χ0v) is 9.99. The van der Waals surface area contributed by atoms with Crippen LogP contribution in [-0.2, 0) is 9.59 Å². The lowest BCUT2D eigenvalue weighted by molar-refractivity contribution is -0.121. The van der Waals surface area contributed by atoms with Crippen LogP contribution >= 0.6 is 0 Å². The molecule has 18 heavy (non-hydrogen) atoms. The third-order valence-electron chi connectivity index (χ3n) is 1.90. The van der Waals surface area contributed by atoms with Gasteiger partial charge in [-0.25, -0.2) is 4.98 Å². The number of hydrogen-bond donors (Lipinski definition) is 4. The monoisotopic (exact) mass is 249 g/mol. The number of aromatic nitrogens is 2. The van der Waals surface area contributed by atoms with Crippen LogP contribution in [0.5, 0.6) is 0 Å². The second kappa shape index (κ2) is 7.09. The number of carbonyl (C=O) groups is 2. The second-order valence-electron chi connectivity index (χ2n) is 3.51. The van der Waals surface area contributed by atoms with E-state index in [1.165, 1.54) is 13.3 Å². The highest BCUT2D eigenvalue weighted by atomic mass is 16.2. The van der Waals surface area contributed by atoms with E-state index in [9.17, 15) is 9.59 Å². The molecule has 1 rings (SSSR count). The van der Waals surface area contributed by atoms with Crippen LogP contribution in [0.15, 0.2) is 12.5 Å². The van der Waals surface area contributed by atoms with Gasteiger partial charge in [-0.15, -0.1) is 0 Å². The quantitative estimate of drug-likeness (QED) is 0.392. The van der Waals surface area contributed by atoms with Crippen molar-refractivity contribution < 1.29 is 9.59 Å². The van der Waals surface area contributed by atoms with Crippen molar-refractivity contribution in [1.29, 1.82) is 0 Å². The van der Waals surface area contributed by atoms with Crippen molar-refractivity contribution in [3.05, 3.63) is 18.2 Å². The van der Waals surface area contributed by atoms with Crippen molar-refractivity contribution in [3.63, 3.8) is 0 Å². The van der Waals surface area contributed by atoms with Crippen molar-refractivity contribution >= 4 is 11.8 Å². The summed E-state index contributed by atoms with van der Waals surface area (Å²) in [6.07, 6.45) is 2.47. The Bertz CT molecular complexity index is 458. The molecule has 0 aliphatic heterocycles. The fourth-order valence-electron chi connectivity index (χ4n) is 1.11. The molecule has 7 heteroatoms. The Labute approximate surface area is 105 Å². The first-order valence-electron chi connectivity index (χ1n) is 5.37. The number of imidazole rings is 1. The zero-order chi connectivity index (χ0) is 13.4. The lowest BCUT2D eigenvalue weighted by atomic mass is 10.3. The van der Waals surface area contributed by atoms with E-state index in [2.05, 4.69) is 32.4 Å². The molecular weight excluding hydrogens is 234 g/mol. The van der Waals surface area contributed by atoms with Gasteiger partial charge in [0.2, 0.25) is 11.8 Å². The second-order valence-corrected chi connectivity index (χ2v) is 3.51. The first-order chi connectivity index (χ1) is 8.58. The molecule has 0 saturated carbocycles. The first-order valence-corrected chi connectivity index (χ1v) is 5.37. The maximum Gasteiger partial charge on any atom is 0.223 e. The number of nitrogens with one attached hydrogen (secondary N) is 3. The van der Waals surface area contributed by atoms with E-state index in [0.29, 0.717) is 5.69 Å². The lowest BCUT2D eigenvalue weighted by Crippen LogP contribution is -2.41. The Balaban J connectivity index is 2.29. The highest BCUT2D eigenvalue weighted by molar-refractivity contribution is 5.78. The van der Waals surface area contributed by atoms with Crippen LogP contribution in [-0.4, -0.2) is 34.5 Å². The third-order valence-corrected chi connectivity index (χ3v) is 1.90. The standard InChI is InChI=1S/C11H15N5O2/c1-8(17)14-5-4-11(18)16-10(12)3-2-9-6-13-7-15-9/h6-7,10H,4-5,12H2,1H3,(H,13,15)(H,14,17)(H,16,18)/t10-/m0/s1. The molecule has 0 aliphatic rings. The Hall–Kier alpha value is -2.33. The summed E-state index contributed by atoms with van der Waals surface area (Å²) in [5, 5.41) is 5.01. The van der Waals surface area contributed by atoms with Crippen LogP contribution in [0, 0.1) is 11.8 Å². The van der Waals surface area contributed by atoms with Crippen LogP contribution < -0.4 is 16.4 Å². The van der Waals surface area contributed by atoms with Gasteiger partial charge in [-0.2, -0.15) is 0 Å². The summed E-state index contributed by atoms with van der Waals surface area (Å²) in [6, 6.07) is 0. The molecule has 0 radical (unpaired) electrons. The van der Waals surface area contributed by atoms with Crippen molar-refractivity contribution in [3.8, 4) is 11.8 Å². The Morgan fingerprint density at radius 2 is 2.39 bits per heavy atom. The van der Waals surface area contributed by atoms with Gasteiger partial charge in [-0.3, -0.25) is 9.59 Å². The third kappa shape index (κ3) is 5.67. The zero-order valence-electron chi connectivity index (χ0n) is 9.99. The van der Waals surface area contributed by atoms with Gasteiger partial charge in [-0.1, -0.05) is 5.92 Å². The Morgan fingerprint density at radius 3 is 3.00 bits per heavy atom. The van der Waals surface area contributed by atoms with Crippen LogP contribution in [0.3, 0.4) is 0 Å². The summed E-state index contributed by atoms with van der Waals surface area (Å²) in [5.74, 6) is 4.94. The van der Waals surface area contributed by atoms with Gasteiger partial charge in [0.25, 0.3) is 0 Å². The van der Waals surface area contributed by atoms with Gasteiger partial charge in [0.15, 0.2) is 0 Å². The first kappa shape index (κ1) is 13.7. The Morgan fingerprint density at radius 1 is 1.61 bits per heavy atom. The number of aromatic amines is 1. The predicted molar refractivity (Wildman–Crippen MR) is 64.9 cm³/mol. The van der Waals surface area contributed by atoms with E-state index < -0.39 is 6.17 Å². The van der Waals surface area contributed by atoms with Gasteiger partial charge >= 0.3 is 0 Å². The molecule has 0 saturated heterocycles. The molecule has 2 amide bonds. The van der Waals surface area contributed by atoms with Crippen molar-refractivity contribution in [1.82, 2.24) is 20.6 Å². The molecule has 0 fully saturated rings. The Kier molecular flexibility index (Phi) is 5.41. The van der Waals surface area contributed by atoms with Gasteiger partial charge in [0, 0.05) is 19.9 Å². The number of rotatable bonds is 4. The van der Waals surface area contributed by atoms with E-state index in [0.717, 1.165) is 0 Å². The maximum absolute atomic E-state index is 11.4. The summed E-state index contributed by atoms with van der Waals surface area (Å²) in [5.41, 5.74) is 6.22. The molecule has 0 aromatic carbocycles. The predicted octanol–water partition coefficient (Wildman–Crippen LogP) is -1.31. The van der Waals surface area contributed by atoms with Crippen molar-refractivity contribution in [2.45, 2.75) is 19.5 Å². The molecule has 1 aromatic heterocycles. The van der Waals surface area contributed by atoms with Crippen LogP contribution in [0.4, 0.5) is 0 Å². The molecule has 0 bridgehead atoms. The number of carbonyl (C=O) groups excluding carboxylic acids is 2. The molecular formula is C11H15N5O2. The minimum Gasteiger partial charge on any atom is -0.356 e. The molecule has 0 aliphatic carbocycles. The highest BCUT2D eigenvalue weighted by Crippen LogP contribution is 1.86. The molecule has 1 atom stereocenters. The van der Waals surface area contributed by atoms with Gasteiger partial charge in [0.05, 0.1) is 12.5 Å². The van der Waals surface area contributed by atoms with Crippen LogP contribution in [0.25, 0.3) is 0 Å². The van der Waals surface area contributed by atoms with E-state index in [1.54, 1.807) is 6.20 Å². The highest BCUT2D eigenvalue weighted by Gasteiger charge is 2.04. The summed E-state index contributed by atoms with van der Waals surface area (Å²) in [7, 11) is 0. The van der Waals surface area contributed by atoms with E-state index >= 15 is 0 Å². The molecule has 96 valence electrons. The largest absolute Gasteiger partial charge is 0.356 e. The number of H-pyrrole nitrogens is 1. The molecule has 0 unspecified atom stereocenters. The fraction of sp³-hybridized carbons (Fsp3) is 0.364. The lowest BCUT2D eigenvalue weighted by Gasteiger charge is -2.07. The average molecular weight is 249 g/mol.